The van der Waals surface area contributed by atoms with Gasteiger partial charge in [0.15, 0.2) is 0 Å². The number of aliphatic hydroxyl groups is 1. The van der Waals surface area contributed by atoms with Gasteiger partial charge in [0.1, 0.15) is 11.6 Å². The highest BCUT2D eigenvalue weighted by Gasteiger charge is 2.25. The van der Waals surface area contributed by atoms with E-state index in [1.54, 1.807) is 0 Å². The first-order valence-corrected chi connectivity index (χ1v) is 5.70. The number of nitrogens with one attached hydrogen (secondary N) is 1. The van der Waals surface area contributed by atoms with Crippen LogP contribution in [0.4, 0.5) is 22.0 Å². The molecule has 2 N–H and O–H groups in total. The molecule has 0 spiro atoms. The summed E-state index contributed by atoms with van der Waals surface area (Å²) in [4.78, 5) is 0. The summed E-state index contributed by atoms with van der Waals surface area (Å²) in [5.41, 5.74) is -0.219. The van der Waals surface area contributed by atoms with E-state index in [2.05, 4.69) is 5.32 Å². The predicted octanol–water partition coefficient (Wildman–Crippen LogP) is 2.93. The third kappa shape index (κ3) is 5.98. The fourth-order valence-electron chi connectivity index (χ4n) is 1.53. The Morgan fingerprint density at radius 2 is 1.89 bits per heavy atom. The molecule has 1 aromatic carbocycles. The molecule has 0 saturated heterocycles. The van der Waals surface area contributed by atoms with Crippen molar-refractivity contribution in [2.75, 3.05) is 13.1 Å². The van der Waals surface area contributed by atoms with Crippen LogP contribution in [0.2, 0.25) is 0 Å². The van der Waals surface area contributed by atoms with Crippen molar-refractivity contribution < 1.29 is 27.1 Å². The third-order valence-electron chi connectivity index (χ3n) is 2.47. The van der Waals surface area contributed by atoms with Crippen LogP contribution in [0.5, 0.6) is 0 Å². The highest BCUT2D eigenvalue weighted by Crippen LogP contribution is 2.21. The number of rotatable bonds is 6. The van der Waals surface area contributed by atoms with E-state index >= 15 is 0 Å². The van der Waals surface area contributed by atoms with Crippen molar-refractivity contribution in [1.82, 2.24) is 5.32 Å². The number of benzene rings is 1. The molecule has 2 nitrogen and oxygen atoms in total. The lowest BCUT2D eigenvalue weighted by Gasteiger charge is -2.13. The van der Waals surface area contributed by atoms with E-state index in [9.17, 15) is 27.1 Å². The number of halogens is 5. The first kappa shape index (κ1) is 15.8. The first-order valence-electron chi connectivity index (χ1n) is 5.70. The zero-order chi connectivity index (χ0) is 14.5. The smallest absolute Gasteiger partial charge is 0.387 e. The molecule has 1 rings (SSSR count). The van der Waals surface area contributed by atoms with Gasteiger partial charge in [-0.2, -0.15) is 13.2 Å². The molecule has 19 heavy (non-hydrogen) atoms. The molecule has 0 aromatic heterocycles. The van der Waals surface area contributed by atoms with Gasteiger partial charge in [0, 0.05) is 18.5 Å². The zero-order valence-electron chi connectivity index (χ0n) is 9.97. The van der Waals surface area contributed by atoms with Gasteiger partial charge in [0.05, 0.1) is 6.10 Å². The molecule has 1 aromatic rings. The van der Waals surface area contributed by atoms with Gasteiger partial charge in [0.25, 0.3) is 0 Å². The molecule has 0 aliphatic carbocycles. The SMILES string of the molecule is OC(CNCCCC(F)(F)F)c1cc(F)ccc1F. The molecule has 7 heteroatoms. The Labute approximate surface area is 107 Å². The number of alkyl halides is 3. The highest BCUT2D eigenvalue weighted by atomic mass is 19.4. The Morgan fingerprint density at radius 1 is 1.21 bits per heavy atom. The number of hydrogen-bond donors (Lipinski definition) is 2. The lowest BCUT2D eigenvalue weighted by atomic mass is 10.1. The second kappa shape index (κ2) is 6.81. The predicted molar refractivity (Wildman–Crippen MR) is 59.5 cm³/mol. The van der Waals surface area contributed by atoms with Crippen LogP contribution in [0.3, 0.4) is 0 Å². The van der Waals surface area contributed by atoms with Crippen LogP contribution in [-0.4, -0.2) is 24.4 Å². The van der Waals surface area contributed by atoms with Crippen LogP contribution >= 0.6 is 0 Å². The monoisotopic (exact) mass is 283 g/mol. The van der Waals surface area contributed by atoms with Crippen molar-refractivity contribution in [3.8, 4) is 0 Å². The van der Waals surface area contributed by atoms with Gasteiger partial charge in [-0.1, -0.05) is 0 Å². The fourth-order valence-corrected chi connectivity index (χ4v) is 1.53. The summed E-state index contributed by atoms with van der Waals surface area (Å²) in [5, 5.41) is 12.2. The van der Waals surface area contributed by atoms with Gasteiger partial charge in [-0.15, -0.1) is 0 Å². The van der Waals surface area contributed by atoms with Gasteiger partial charge in [-0.25, -0.2) is 8.78 Å². The molecule has 0 aliphatic rings. The van der Waals surface area contributed by atoms with E-state index in [1.807, 2.05) is 0 Å². The quantitative estimate of drug-likeness (QED) is 0.621. The topological polar surface area (TPSA) is 32.3 Å². The minimum Gasteiger partial charge on any atom is -0.387 e. The van der Waals surface area contributed by atoms with Gasteiger partial charge in [0.2, 0.25) is 0 Å². The molecule has 0 bridgehead atoms. The molecule has 0 fully saturated rings. The minimum absolute atomic E-state index is 0.0352. The van der Waals surface area contributed by atoms with E-state index in [4.69, 9.17) is 0 Å². The van der Waals surface area contributed by atoms with Gasteiger partial charge < -0.3 is 10.4 Å². The van der Waals surface area contributed by atoms with Crippen molar-refractivity contribution in [1.29, 1.82) is 0 Å². The lowest BCUT2D eigenvalue weighted by molar-refractivity contribution is -0.135. The molecule has 1 atom stereocenters. The Hall–Kier alpha value is -1.21. The van der Waals surface area contributed by atoms with Crippen molar-refractivity contribution in [2.45, 2.75) is 25.1 Å². The Kier molecular flexibility index (Phi) is 5.68. The van der Waals surface area contributed by atoms with Crippen LogP contribution in [-0.2, 0) is 0 Å². The molecule has 0 aliphatic heterocycles. The van der Waals surface area contributed by atoms with Crippen LogP contribution in [0, 0.1) is 11.6 Å². The number of aliphatic hydroxyl groups excluding tert-OH is 1. The molecule has 0 saturated carbocycles. The Bertz CT molecular complexity index is 408. The molecule has 1 unspecified atom stereocenters. The molecule has 0 amide bonds. The van der Waals surface area contributed by atoms with Crippen LogP contribution in [0.25, 0.3) is 0 Å². The van der Waals surface area contributed by atoms with E-state index in [-0.39, 0.29) is 25.1 Å². The molecular weight excluding hydrogens is 269 g/mol. The summed E-state index contributed by atoms with van der Waals surface area (Å²) in [6, 6.07) is 2.66. The lowest BCUT2D eigenvalue weighted by Crippen LogP contribution is -2.24. The summed E-state index contributed by atoms with van der Waals surface area (Å²) < 4.78 is 61.6. The summed E-state index contributed by atoms with van der Waals surface area (Å²) in [5.74, 6) is -1.45. The zero-order valence-corrected chi connectivity index (χ0v) is 9.97. The molecular formula is C12H14F5NO. The average Bonchev–Trinajstić information content (AvgIpc) is 2.30. The summed E-state index contributed by atoms with van der Waals surface area (Å²) >= 11 is 0. The van der Waals surface area contributed by atoms with Crippen molar-refractivity contribution in [3.63, 3.8) is 0 Å². The van der Waals surface area contributed by atoms with E-state index in [0.29, 0.717) is 0 Å². The minimum atomic E-state index is -4.21. The molecule has 0 radical (unpaired) electrons. The Balaban J connectivity index is 2.35. The molecule has 108 valence electrons. The van der Waals surface area contributed by atoms with E-state index in [0.717, 1.165) is 18.2 Å². The second-order valence-corrected chi connectivity index (χ2v) is 4.10. The largest absolute Gasteiger partial charge is 0.389 e. The van der Waals surface area contributed by atoms with Gasteiger partial charge in [-0.3, -0.25) is 0 Å². The first-order chi connectivity index (χ1) is 8.79. The summed E-state index contributed by atoms with van der Waals surface area (Å²) in [6.07, 6.45) is -6.58. The van der Waals surface area contributed by atoms with E-state index in [1.165, 1.54) is 0 Å². The van der Waals surface area contributed by atoms with Crippen LogP contribution < -0.4 is 5.32 Å². The maximum absolute atomic E-state index is 13.2. The number of hydrogen-bond acceptors (Lipinski definition) is 2. The van der Waals surface area contributed by atoms with Crippen molar-refractivity contribution in [2.24, 2.45) is 0 Å². The normalized spacial score (nSPS) is 13.6. The standard InChI is InChI=1S/C12H14F5NO/c13-8-2-3-10(14)9(6-8)11(19)7-18-5-1-4-12(15,16)17/h2-3,6,11,18-19H,1,4-5,7H2. The van der Waals surface area contributed by atoms with Crippen molar-refractivity contribution >= 4 is 0 Å². The average molecular weight is 283 g/mol. The Morgan fingerprint density at radius 3 is 2.53 bits per heavy atom. The van der Waals surface area contributed by atoms with E-state index < -0.39 is 30.3 Å². The van der Waals surface area contributed by atoms with Crippen molar-refractivity contribution in [3.05, 3.63) is 35.4 Å². The summed E-state index contributed by atoms with van der Waals surface area (Å²) in [7, 11) is 0. The van der Waals surface area contributed by atoms with Gasteiger partial charge >= 0.3 is 6.18 Å². The van der Waals surface area contributed by atoms with Crippen LogP contribution in [0.15, 0.2) is 18.2 Å². The molecule has 0 heterocycles. The third-order valence-corrected chi connectivity index (χ3v) is 2.47. The van der Waals surface area contributed by atoms with Crippen LogP contribution in [0.1, 0.15) is 24.5 Å². The maximum Gasteiger partial charge on any atom is 0.389 e. The highest BCUT2D eigenvalue weighted by molar-refractivity contribution is 5.21. The van der Waals surface area contributed by atoms with Gasteiger partial charge in [-0.05, 0) is 31.2 Å². The fraction of sp³-hybridized carbons (Fsp3) is 0.500. The maximum atomic E-state index is 13.2. The second-order valence-electron chi connectivity index (χ2n) is 4.10. The summed E-state index contributed by atoms with van der Waals surface area (Å²) in [6.45, 7) is -0.105.